The number of H-pyrrole nitrogens is 1. The maximum absolute atomic E-state index is 14.3. The number of halogens is 2. The summed E-state index contributed by atoms with van der Waals surface area (Å²) in [5.41, 5.74) is 0.415. The molecule has 0 radical (unpaired) electrons. The molecule has 1 aromatic heterocycles. The highest BCUT2D eigenvalue weighted by molar-refractivity contribution is 6.06. The number of urea groups is 1. The number of nitrogens with one attached hydrogen (secondary N) is 2. The molecule has 3 aliphatic heterocycles. The number of fused-ring (bicyclic) bond motifs is 1. The first-order valence-electron chi connectivity index (χ1n) is 10.4. The van der Waals surface area contributed by atoms with Crippen LogP contribution >= 0.6 is 0 Å². The summed E-state index contributed by atoms with van der Waals surface area (Å²) in [6.07, 6.45) is -0.664. The fraction of sp³-hybridized carbons (Fsp3) is 0.273. The van der Waals surface area contributed by atoms with E-state index >= 15 is 0 Å². The molecule has 3 aromatic rings. The van der Waals surface area contributed by atoms with Gasteiger partial charge in [0.05, 0.1) is 23.2 Å². The van der Waals surface area contributed by atoms with Crippen LogP contribution in [0.1, 0.15) is 29.8 Å². The summed E-state index contributed by atoms with van der Waals surface area (Å²) in [7, 11) is 0. The van der Waals surface area contributed by atoms with Gasteiger partial charge in [-0.3, -0.25) is 14.5 Å². The lowest BCUT2D eigenvalue weighted by Crippen LogP contribution is -2.44. The molecule has 4 heterocycles. The number of hydrogen-bond donors (Lipinski definition) is 3. The maximum atomic E-state index is 14.3. The molecule has 3 N–H and O–H groups in total. The number of carbonyl (C=O) groups excluding carboxylic acids is 2. The molecule has 0 bridgehead atoms. The van der Waals surface area contributed by atoms with Crippen molar-refractivity contribution in [2.45, 2.75) is 30.7 Å². The second kappa shape index (κ2) is 6.82. The molecule has 0 aliphatic carbocycles. The average molecular weight is 453 g/mol. The Morgan fingerprint density at radius 2 is 1.82 bits per heavy atom. The number of rotatable bonds is 2. The first-order chi connectivity index (χ1) is 15.8. The molecule has 2 saturated heterocycles. The normalized spacial score (nSPS) is 26.2. The predicted molar refractivity (Wildman–Crippen MR) is 111 cm³/mol. The molecule has 0 spiro atoms. The Kier molecular flexibility index (Phi) is 4.09. The van der Waals surface area contributed by atoms with Gasteiger partial charge in [0.15, 0.2) is 0 Å². The van der Waals surface area contributed by atoms with E-state index in [-0.39, 0.29) is 29.7 Å². The first kappa shape index (κ1) is 19.8. The van der Waals surface area contributed by atoms with Gasteiger partial charge in [-0.05, 0) is 29.8 Å². The number of imide groups is 1. The summed E-state index contributed by atoms with van der Waals surface area (Å²) >= 11 is 0. The molecule has 2 fully saturated rings. The first-order valence-corrected chi connectivity index (χ1v) is 10.4. The minimum atomic E-state index is -1.00. The van der Waals surface area contributed by atoms with Crippen LogP contribution in [0.15, 0.2) is 41.2 Å². The quantitative estimate of drug-likeness (QED) is 0.510. The van der Waals surface area contributed by atoms with Crippen LogP contribution < -0.4 is 10.9 Å². The Bertz CT molecular complexity index is 1370. The summed E-state index contributed by atoms with van der Waals surface area (Å²) in [4.78, 5) is 41.4. The highest BCUT2D eigenvalue weighted by atomic mass is 19.1. The van der Waals surface area contributed by atoms with Crippen LogP contribution in [0.4, 0.5) is 19.3 Å². The van der Waals surface area contributed by atoms with Gasteiger partial charge in [0, 0.05) is 24.0 Å². The maximum Gasteiger partial charge on any atom is 0.328 e. The van der Waals surface area contributed by atoms with Crippen molar-refractivity contribution in [1.29, 1.82) is 0 Å². The van der Waals surface area contributed by atoms with Gasteiger partial charge in [-0.1, -0.05) is 12.1 Å². The SMILES string of the molecule is O=C1[C@@H]2C[C@@H](O)CN2C(=O)N1C1c2n[nH]c(=O)c3cc(F)cc(c23)NC1c1ccc(F)cc1. The van der Waals surface area contributed by atoms with Crippen molar-refractivity contribution in [3.05, 3.63) is 69.6 Å². The fourth-order valence-electron chi connectivity index (χ4n) is 5.14. The third-order valence-electron chi connectivity index (χ3n) is 6.55. The molecule has 0 saturated carbocycles. The summed E-state index contributed by atoms with van der Waals surface area (Å²) in [5.74, 6) is -1.61. The van der Waals surface area contributed by atoms with E-state index in [0.29, 0.717) is 10.9 Å². The van der Waals surface area contributed by atoms with E-state index in [9.17, 15) is 28.3 Å². The number of anilines is 1. The van der Waals surface area contributed by atoms with Crippen LogP contribution in [0.2, 0.25) is 0 Å². The molecule has 168 valence electrons. The summed E-state index contributed by atoms with van der Waals surface area (Å²) < 4.78 is 27.9. The van der Waals surface area contributed by atoms with Crippen molar-refractivity contribution in [1.82, 2.24) is 20.0 Å². The zero-order valence-corrected chi connectivity index (χ0v) is 17.0. The molecule has 9 nitrogen and oxygen atoms in total. The fourth-order valence-corrected chi connectivity index (χ4v) is 5.14. The number of aromatic amines is 1. The van der Waals surface area contributed by atoms with Gasteiger partial charge < -0.3 is 15.3 Å². The van der Waals surface area contributed by atoms with E-state index in [1.165, 1.54) is 35.2 Å². The Morgan fingerprint density at radius 1 is 1.06 bits per heavy atom. The van der Waals surface area contributed by atoms with E-state index in [1.807, 2.05) is 0 Å². The number of hydrogen-bond acceptors (Lipinski definition) is 6. The molecule has 3 amide bonds. The number of aromatic nitrogens is 2. The lowest BCUT2D eigenvalue weighted by molar-refractivity contribution is -0.130. The van der Waals surface area contributed by atoms with Crippen molar-refractivity contribution >= 4 is 28.4 Å². The van der Waals surface area contributed by atoms with E-state index < -0.39 is 53.4 Å². The van der Waals surface area contributed by atoms with Crippen LogP contribution in [0.5, 0.6) is 0 Å². The lowest BCUT2D eigenvalue weighted by Gasteiger charge is -2.38. The molecule has 6 rings (SSSR count). The predicted octanol–water partition coefficient (Wildman–Crippen LogP) is 1.81. The minimum absolute atomic E-state index is 0.0278. The van der Waals surface area contributed by atoms with Crippen molar-refractivity contribution in [3.8, 4) is 0 Å². The summed E-state index contributed by atoms with van der Waals surface area (Å²) in [6, 6.07) is 4.59. The summed E-state index contributed by atoms with van der Waals surface area (Å²) in [5, 5.41) is 19.9. The third kappa shape index (κ3) is 2.78. The van der Waals surface area contributed by atoms with Crippen LogP contribution in [0, 0.1) is 11.6 Å². The number of benzene rings is 2. The van der Waals surface area contributed by atoms with Gasteiger partial charge in [0.2, 0.25) is 0 Å². The third-order valence-corrected chi connectivity index (χ3v) is 6.55. The van der Waals surface area contributed by atoms with E-state index in [1.54, 1.807) is 0 Å². The van der Waals surface area contributed by atoms with Crippen LogP contribution in [-0.2, 0) is 4.79 Å². The molecule has 3 aliphatic rings. The molecular weight excluding hydrogens is 436 g/mol. The number of nitrogens with zero attached hydrogens (tertiary/aromatic N) is 3. The Hall–Kier alpha value is -3.86. The topological polar surface area (TPSA) is 119 Å². The second-order valence-electron chi connectivity index (χ2n) is 8.48. The van der Waals surface area contributed by atoms with Gasteiger partial charge in [0.25, 0.3) is 11.5 Å². The van der Waals surface area contributed by atoms with Crippen molar-refractivity contribution < 1.29 is 23.5 Å². The minimum Gasteiger partial charge on any atom is -0.391 e. The van der Waals surface area contributed by atoms with Gasteiger partial charge in [-0.25, -0.2) is 18.7 Å². The Morgan fingerprint density at radius 3 is 2.55 bits per heavy atom. The van der Waals surface area contributed by atoms with Crippen LogP contribution in [-0.4, -0.2) is 55.7 Å². The van der Waals surface area contributed by atoms with Crippen molar-refractivity contribution in [3.63, 3.8) is 0 Å². The average Bonchev–Trinajstić information content (AvgIpc) is 3.27. The van der Waals surface area contributed by atoms with E-state index in [4.69, 9.17) is 0 Å². The zero-order chi connectivity index (χ0) is 23.0. The number of aliphatic hydroxyl groups is 1. The van der Waals surface area contributed by atoms with Crippen molar-refractivity contribution in [2.75, 3.05) is 11.9 Å². The van der Waals surface area contributed by atoms with E-state index in [0.717, 1.165) is 11.0 Å². The standard InChI is InChI=1S/C22H17F2N5O4/c23-10-3-1-9(2-4-10)17-19(29-21(32)15-7-12(30)8-28(15)22(29)33)18-16-13(20(31)27-26-18)5-11(24)6-14(16)25-17/h1-6,12,15,17,19,25,30H,7-8H2,(H,27,31)/t12-,15+,17?,19?/m1/s1. The number of carbonyl (C=O) groups is 2. The van der Waals surface area contributed by atoms with Crippen molar-refractivity contribution in [2.24, 2.45) is 0 Å². The van der Waals surface area contributed by atoms with E-state index in [2.05, 4.69) is 15.5 Å². The highest BCUT2D eigenvalue weighted by Gasteiger charge is 2.55. The largest absolute Gasteiger partial charge is 0.391 e. The number of amides is 3. The van der Waals surface area contributed by atoms with Gasteiger partial charge in [-0.15, -0.1) is 0 Å². The molecule has 11 heteroatoms. The zero-order valence-electron chi connectivity index (χ0n) is 17.0. The van der Waals surface area contributed by atoms with Gasteiger partial charge >= 0.3 is 6.03 Å². The lowest BCUT2D eigenvalue weighted by atomic mass is 9.88. The molecule has 2 aromatic carbocycles. The number of aliphatic hydroxyl groups excluding tert-OH is 1. The molecule has 33 heavy (non-hydrogen) atoms. The molecular formula is C22H17F2N5O4. The van der Waals surface area contributed by atoms with Crippen LogP contribution in [0.25, 0.3) is 10.8 Å². The highest BCUT2D eigenvalue weighted by Crippen LogP contribution is 2.47. The Balaban J connectivity index is 1.58. The second-order valence-corrected chi connectivity index (χ2v) is 8.48. The monoisotopic (exact) mass is 453 g/mol. The smallest absolute Gasteiger partial charge is 0.328 e. The summed E-state index contributed by atoms with van der Waals surface area (Å²) in [6.45, 7) is 0.0311. The Labute approximate surface area is 184 Å². The van der Waals surface area contributed by atoms with Crippen LogP contribution in [0.3, 0.4) is 0 Å². The molecule has 2 unspecified atom stereocenters. The molecule has 4 atom stereocenters. The van der Waals surface area contributed by atoms with Gasteiger partial charge in [0.1, 0.15) is 23.7 Å². The van der Waals surface area contributed by atoms with Gasteiger partial charge in [-0.2, -0.15) is 5.10 Å².